The van der Waals surface area contributed by atoms with E-state index in [1.165, 1.54) is 9.71 Å². The summed E-state index contributed by atoms with van der Waals surface area (Å²) in [6, 6.07) is 14.4. The van der Waals surface area contributed by atoms with Crippen LogP contribution in [0.2, 0.25) is 0 Å². The van der Waals surface area contributed by atoms with Gasteiger partial charge in [-0.3, -0.25) is 14.8 Å². The molecule has 0 N–H and O–H groups in total. The number of benzene rings is 1. The second-order valence-electron chi connectivity index (χ2n) is 6.99. The first-order valence-corrected chi connectivity index (χ1v) is 11.2. The summed E-state index contributed by atoms with van der Waals surface area (Å²) in [4.78, 5) is 18.9. The smallest absolute Gasteiger partial charge is 0.142 e. The van der Waals surface area contributed by atoms with E-state index >= 15 is 0 Å². The molecule has 1 aliphatic heterocycles. The van der Waals surface area contributed by atoms with Gasteiger partial charge in [-0.15, -0.1) is 22.7 Å². The maximum absolute atomic E-state index is 4.78. The van der Waals surface area contributed by atoms with Crippen molar-refractivity contribution in [3.05, 3.63) is 64.7 Å². The van der Waals surface area contributed by atoms with Gasteiger partial charge in [-0.05, 0) is 24.3 Å². The summed E-state index contributed by atoms with van der Waals surface area (Å²) in [6.07, 6.45) is 1.82. The average Bonchev–Trinajstić information content (AvgIpc) is 3.36. The SMILES string of the molecule is c1ccc(-c2nc(CN3CCN(Cc4nc5ccccc5s4)CC3)cs2)nc1. The molecule has 0 unspecified atom stereocenters. The normalized spacial score (nSPS) is 16.0. The molecule has 7 heteroatoms. The van der Waals surface area contributed by atoms with E-state index in [1.807, 2.05) is 35.7 Å². The van der Waals surface area contributed by atoms with Crippen LogP contribution in [0.4, 0.5) is 0 Å². The number of pyridine rings is 1. The monoisotopic (exact) mass is 407 g/mol. The topological polar surface area (TPSA) is 45.2 Å². The van der Waals surface area contributed by atoms with Crippen LogP contribution in [-0.4, -0.2) is 50.9 Å². The molecule has 5 nitrogen and oxygen atoms in total. The Bertz CT molecular complexity index is 1020. The summed E-state index contributed by atoms with van der Waals surface area (Å²) in [5.74, 6) is 0. The molecule has 0 spiro atoms. The van der Waals surface area contributed by atoms with Crippen LogP contribution in [0.15, 0.2) is 54.0 Å². The Hall–Kier alpha value is -2.19. The molecule has 0 bridgehead atoms. The molecule has 5 rings (SSSR count). The van der Waals surface area contributed by atoms with Crippen molar-refractivity contribution in [2.75, 3.05) is 26.2 Å². The van der Waals surface area contributed by atoms with Gasteiger partial charge in [-0.1, -0.05) is 18.2 Å². The summed E-state index contributed by atoms with van der Waals surface area (Å²) in [5.41, 5.74) is 3.22. The third-order valence-electron chi connectivity index (χ3n) is 4.98. The Labute approximate surface area is 172 Å². The number of rotatable bonds is 5. The van der Waals surface area contributed by atoms with Crippen LogP contribution in [0.3, 0.4) is 0 Å². The zero-order chi connectivity index (χ0) is 18.8. The van der Waals surface area contributed by atoms with E-state index in [-0.39, 0.29) is 0 Å². The molecular weight excluding hydrogens is 386 g/mol. The Kier molecular flexibility index (Phi) is 5.14. The van der Waals surface area contributed by atoms with Gasteiger partial charge in [0, 0.05) is 44.3 Å². The van der Waals surface area contributed by atoms with Crippen LogP contribution in [0.5, 0.6) is 0 Å². The Morgan fingerprint density at radius 3 is 2.43 bits per heavy atom. The van der Waals surface area contributed by atoms with Gasteiger partial charge in [-0.2, -0.15) is 0 Å². The van der Waals surface area contributed by atoms with E-state index in [2.05, 4.69) is 44.4 Å². The first kappa shape index (κ1) is 17.9. The quantitative estimate of drug-likeness (QED) is 0.498. The Morgan fingerprint density at radius 2 is 1.64 bits per heavy atom. The highest BCUT2D eigenvalue weighted by Gasteiger charge is 2.19. The average molecular weight is 408 g/mol. The van der Waals surface area contributed by atoms with E-state index in [0.717, 1.165) is 61.2 Å². The zero-order valence-corrected chi connectivity index (χ0v) is 17.1. The van der Waals surface area contributed by atoms with Gasteiger partial charge in [0.05, 0.1) is 28.1 Å². The Morgan fingerprint density at radius 1 is 0.857 bits per heavy atom. The lowest BCUT2D eigenvalue weighted by Crippen LogP contribution is -2.45. The van der Waals surface area contributed by atoms with Crippen LogP contribution in [-0.2, 0) is 13.1 Å². The van der Waals surface area contributed by atoms with Gasteiger partial charge in [0.15, 0.2) is 0 Å². The highest BCUT2D eigenvalue weighted by molar-refractivity contribution is 7.18. The zero-order valence-electron chi connectivity index (χ0n) is 15.5. The summed E-state index contributed by atoms with van der Waals surface area (Å²) < 4.78 is 1.28. The van der Waals surface area contributed by atoms with Crippen LogP contribution in [0.1, 0.15) is 10.7 Å². The van der Waals surface area contributed by atoms with Crippen molar-refractivity contribution in [1.82, 2.24) is 24.8 Å². The van der Waals surface area contributed by atoms with E-state index < -0.39 is 0 Å². The third-order valence-corrected chi connectivity index (χ3v) is 6.92. The molecule has 1 aliphatic rings. The fraction of sp³-hybridized carbons (Fsp3) is 0.286. The van der Waals surface area contributed by atoms with Crippen LogP contribution < -0.4 is 0 Å². The molecule has 142 valence electrons. The van der Waals surface area contributed by atoms with Crippen molar-refractivity contribution in [2.45, 2.75) is 13.1 Å². The fourth-order valence-corrected chi connectivity index (χ4v) is 5.30. The lowest BCUT2D eigenvalue weighted by molar-refractivity contribution is 0.121. The number of piperazine rings is 1. The molecular formula is C21H21N5S2. The Balaban J connectivity index is 1.16. The summed E-state index contributed by atoms with van der Waals surface area (Å²) in [7, 11) is 0. The number of fused-ring (bicyclic) bond motifs is 1. The lowest BCUT2D eigenvalue weighted by atomic mass is 10.3. The molecule has 0 atom stereocenters. The molecule has 0 saturated carbocycles. The fourth-order valence-electron chi connectivity index (χ4n) is 3.50. The predicted molar refractivity (Wildman–Crippen MR) is 116 cm³/mol. The summed E-state index contributed by atoms with van der Waals surface area (Å²) >= 11 is 3.49. The molecule has 1 saturated heterocycles. The number of nitrogens with zero attached hydrogens (tertiary/aromatic N) is 5. The van der Waals surface area contributed by atoms with Crippen LogP contribution >= 0.6 is 22.7 Å². The van der Waals surface area contributed by atoms with Crippen molar-refractivity contribution < 1.29 is 0 Å². The van der Waals surface area contributed by atoms with Gasteiger partial charge >= 0.3 is 0 Å². The number of para-hydroxylation sites is 1. The molecule has 3 aromatic heterocycles. The van der Waals surface area contributed by atoms with Crippen LogP contribution in [0.25, 0.3) is 20.9 Å². The molecule has 0 radical (unpaired) electrons. The van der Waals surface area contributed by atoms with E-state index in [4.69, 9.17) is 9.97 Å². The first-order valence-electron chi connectivity index (χ1n) is 9.48. The van der Waals surface area contributed by atoms with E-state index in [9.17, 15) is 0 Å². The molecule has 4 heterocycles. The number of thiazole rings is 2. The second-order valence-corrected chi connectivity index (χ2v) is 8.96. The maximum Gasteiger partial charge on any atom is 0.142 e. The highest BCUT2D eigenvalue weighted by atomic mass is 32.1. The van der Waals surface area contributed by atoms with Gasteiger partial charge in [0.25, 0.3) is 0 Å². The molecule has 28 heavy (non-hydrogen) atoms. The first-order chi connectivity index (χ1) is 13.8. The minimum absolute atomic E-state index is 0.915. The van der Waals surface area contributed by atoms with Crippen molar-refractivity contribution in [3.8, 4) is 10.7 Å². The number of hydrogen-bond donors (Lipinski definition) is 0. The number of aromatic nitrogens is 3. The van der Waals surface area contributed by atoms with Crippen LogP contribution in [0, 0.1) is 0 Å². The molecule has 0 aliphatic carbocycles. The highest BCUT2D eigenvalue weighted by Crippen LogP contribution is 2.24. The summed E-state index contributed by atoms with van der Waals surface area (Å²) in [5, 5.41) is 4.39. The summed E-state index contributed by atoms with van der Waals surface area (Å²) in [6.45, 7) is 6.16. The van der Waals surface area contributed by atoms with Crippen molar-refractivity contribution in [1.29, 1.82) is 0 Å². The van der Waals surface area contributed by atoms with Crippen molar-refractivity contribution in [2.24, 2.45) is 0 Å². The van der Waals surface area contributed by atoms with E-state index in [1.54, 1.807) is 11.3 Å². The largest absolute Gasteiger partial charge is 0.295 e. The van der Waals surface area contributed by atoms with Gasteiger partial charge < -0.3 is 0 Å². The maximum atomic E-state index is 4.78. The molecule has 1 aromatic carbocycles. The van der Waals surface area contributed by atoms with Gasteiger partial charge in [0.1, 0.15) is 10.0 Å². The minimum Gasteiger partial charge on any atom is -0.295 e. The third kappa shape index (κ3) is 3.98. The van der Waals surface area contributed by atoms with Gasteiger partial charge in [0.2, 0.25) is 0 Å². The van der Waals surface area contributed by atoms with Crippen molar-refractivity contribution >= 4 is 32.9 Å². The number of hydrogen-bond acceptors (Lipinski definition) is 7. The van der Waals surface area contributed by atoms with Gasteiger partial charge in [-0.25, -0.2) is 9.97 Å². The van der Waals surface area contributed by atoms with E-state index in [0.29, 0.717) is 0 Å². The van der Waals surface area contributed by atoms with Crippen molar-refractivity contribution in [3.63, 3.8) is 0 Å². The predicted octanol–water partition coefficient (Wildman–Crippen LogP) is 4.13. The minimum atomic E-state index is 0.915. The molecule has 1 fully saturated rings. The standard InChI is InChI=1S/C21H21N5S2/c1-2-7-19-17(5-1)24-20(28-19)14-26-11-9-25(10-12-26)13-16-15-27-21(23-16)18-6-3-4-8-22-18/h1-8,15H,9-14H2. The lowest BCUT2D eigenvalue weighted by Gasteiger charge is -2.33. The molecule has 4 aromatic rings. The second kappa shape index (κ2) is 8.05. The molecule has 0 amide bonds.